The molecule has 2 aromatic rings. The van der Waals surface area contributed by atoms with E-state index in [4.69, 9.17) is 28.0 Å². The molecule has 0 bridgehead atoms. The predicted octanol–water partition coefficient (Wildman–Crippen LogP) is 2.20. The fourth-order valence-corrected chi connectivity index (χ4v) is 2.26. The van der Waals surface area contributed by atoms with Gasteiger partial charge in [-0.15, -0.1) is 4.73 Å². The van der Waals surface area contributed by atoms with E-state index in [2.05, 4.69) is 5.32 Å². The third kappa shape index (κ3) is 3.55. The summed E-state index contributed by atoms with van der Waals surface area (Å²) in [7, 11) is 0. The van der Waals surface area contributed by atoms with E-state index in [1.165, 1.54) is 18.2 Å². The molecule has 0 aliphatic carbocycles. The number of nitrogens with zero attached hydrogens (tertiary/aromatic N) is 2. The number of amides is 1. The molecule has 0 aliphatic rings. The van der Waals surface area contributed by atoms with E-state index < -0.39 is 17.7 Å². The average Bonchev–Trinajstić information content (AvgIpc) is 2.61. The predicted molar refractivity (Wildman–Crippen MR) is 82.0 cm³/mol. The molecule has 1 aromatic heterocycles. The smallest absolute Gasteiger partial charge is 0.432 e. The highest BCUT2D eigenvalue weighted by molar-refractivity contribution is 6.34. The number of rotatable bonds is 3. The molecule has 0 atom stereocenters. The average molecular weight is 346 g/mol. The van der Waals surface area contributed by atoms with E-state index in [0.717, 1.165) is 10.8 Å². The SMILES string of the molecule is CC(C)NC(=O)On1cc(O)n(-c2cc(Cl)cc(Cl)c2)c1=O. The van der Waals surface area contributed by atoms with Gasteiger partial charge in [0, 0.05) is 16.1 Å². The summed E-state index contributed by atoms with van der Waals surface area (Å²) < 4.78 is 1.52. The van der Waals surface area contributed by atoms with Crippen LogP contribution in [0.4, 0.5) is 4.79 Å². The zero-order chi connectivity index (χ0) is 16.4. The summed E-state index contributed by atoms with van der Waals surface area (Å²) in [6.07, 6.45) is 0.148. The minimum atomic E-state index is -0.821. The molecule has 1 aromatic carbocycles. The molecule has 0 unspecified atom stereocenters. The van der Waals surface area contributed by atoms with Gasteiger partial charge in [-0.3, -0.25) is 0 Å². The maximum Gasteiger partial charge on any atom is 0.432 e. The molecule has 0 saturated heterocycles. The van der Waals surface area contributed by atoms with Crippen molar-refractivity contribution in [3.63, 3.8) is 0 Å². The van der Waals surface area contributed by atoms with Crippen molar-refractivity contribution in [1.82, 2.24) is 14.6 Å². The number of benzene rings is 1. The molecule has 0 spiro atoms. The summed E-state index contributed by atoms with van der Waals surface area (Å²) >= 11 is 11.7. The van der Waals surface area contributed by atoms with Crippen LogP contribution in [0, 0.1) is 0 Å². The van der Waals surface area contributed by atoms with E-state index in [9.17, 15) is 14.7 Å². The summed E-state index contributed by atoms with van der Waals surface area (Å²) in [4.78, 5) is 28.5. The molecule has 0 saturated carbocycles. The molecule has 2 N–H and O–H groups in total. The lowest BCUT2D eigenvalue weighted by Crippen LogP contribution is -2.40. The first-order chi connectivity index (χ1) is 10.3. The van der Waals surface area contributed by atoms with Crippen LogP contribution < -0.4 is 15.8 Å². The molecule has 9 heteroatoms. The van der Waals surface area contributed by atoms with Gasteiger partial charge < -0.3 is 15.3 Å². The summed E-state index contributed by atoms with van der Waals surface area (Å²) in [5, 5.41) is 12.9. The van der Waals surface area contributed by atoms with E-state index in [1.54, 1.807) is 13.8 Å². The lowest BCUT2D eigenvalue weighted by molar-refractivity contribution is 0.126. The number of hydrogen-bond donors (Lipinski definition) is 2. The van der Waals surface area contributed by atoms with E-state index in [0.29, 0.717) is 14.8 Å². The Kier molecular flexibility index (Phi) is 4.68. The van der Waals surface area contributed by atoms with Gasteiger partial charge in [-0.2, -0.15) is 0 Å². The van der Waals surface area contributed by atoms with Crippen LogP contribution in [-0.2, 0) is 0 Å². The van der Waals surface area contributed by atoms with Gasteiger partial charge in [0.05, 0.1) is 5.69 Å². The second-order valence-corrected chi connectivity index (χ2v) is 5.61. The Balaban J connectivity index is 2.39. The third-order valence-electron chi connectivity index (χ3n) is 2.53. The normalized spacial score (nSPS) is 10.8. The van der Waals surface area contributed by atoms with Gasteiger partial charge in [0.1, 0.15) is 6.20 Å². The van der Waals surface area contributed by atoms with E-state index in [-0.39, 0.29) is 11.7 Å². The van der Waals surface area contributed by atoms with Crippen molar-refractivity contribution < 1.29 is 14.7 Å². The largest absolute Gasteiger partial charge is 0.493 e. The van der Waals surface area contributed by atoms with E-state index >= 15 is 0 Å². The van der Waals surface area contributed by atoms with Gasteiger partial charge in [-0.25, -0.2) is 14.2 Å². The van der Waals surface area contributed by atoms with E-state index in [1.807, 2.05) is 0 Å². The minimum absolute atomic E-state index is 0.161. The maximum atomic E-state index is 12.2. The highest BCUT2D eigenvalue weighted by Crippen LogP contribution is 2.23. The van der Waals surface area contributed by atoms with Gasteiger partial charge >= 0.3 is 11.8 Å². The first-order valence-electron chi connectivity index (χ1n) is 6.26. The molecule has 0 fully saturated rings. The number of aromatic nitrogens is 2. The van der Waals surface area contributed by atoms with Crippen LogP contribution in [0.2, 0.25) is 10.0 Å². The van der Waals surface area contributed by atoms with Gasteiger partial charge in [-0.1, -0.05) is 23.2 Å². The quantitative estimate of drug-likeness (QED) is 0.892. The van der Waals surface area contributed by atoms with Gasteiger partial charge in [0.25, 0.3) is 0 Å². The molecule has 118 valence electrons. The molecule has 22 heavy (non-hydrogen) atoms. The number of nitrogens with one attached hydrogen (secondary N) is 1. The first kappa shape index (κ1) is 16.3. The molecule has 7 nitrogen and oxygen atoms in total. The first-order valence-corrected chi connectivity index (χ1v) is 7.02. The fourth-order valence-electron chi connectivity index (χ4n) is 1.74. The summed E-state index contributed by atoms with van der Waals surface area (Å²) in [5.74, 6) is -0.430. The number of hydrogen-bond acceptors (Lipinski definition) is 4. The number of halogens is 2. The Morgan fingerprint density at radius 3 is 2.41 bits per heavy atom. The van der Waals surface area contributed by atoms with Crippen LogP contribution in [0.5, 0.6) is 5.88 Å². The van der Waals surface area contributed by atoms with Crippen molar-refractivity contribution in [3.05, 3.63) is 44.9 Å². The highest BCUT2D eigenvalue weighted by atomic mass is 35.5. The van der Waals surface area contributed by atoms with Crippen LogP contribution in [0.1, 0.15) is 13.8 Å². The topological polar surface area (TPSA) is 85.5 Å². The Bertz CT molecular complexity index is 747. The zero-order valence-electron chi connectivity index (χ0n) is 11.7. The third-order valence-corrected chi connectivity index (χ3v) is 2.97. The maximum absolute atomic E-state index is 12.2. The lowest BCUT2D eigenvalue weighted by atomic mass is 10.3. The van der Waals surface area contributed by atoms with Crippen molar-refractivity contribution in [1.29, 1.82) is 0 Å². The second-order valence-electron chi connectivity index (χ2n) is 4.74. The van der Waals surface area contributed by atoms with Crippen LogP contribution >= 0.6 is 23.2 Å². The lowest BCUT2D eigenvalue weighted by Gasteiger charge is -2.07. The Hall–Kier alpha value is -2.12. The van der Waals surface area contributed by atoms with Crippen molar-refractivity contribution >= 4 is 29.3 Å². The number of imidazole rings is 1. The molecular formula is C13H13Cl2N3O4. The van der Waals surface area contributed by atoms with Gasteiger partial charge in [0.2, 0.25) is 5.88 Å². The number of aromatic hydroxyl groups is 1. The van der Waals surface area contributed by atoms with Crippen molar-refractivity contribution in [3.8, 4) is 11.6 Å². The Morgan fingerprint density at radius 1 is 1.27 bits per heavy atom. The Morgan fingerprint density at radius 2 is 1.86 bits per heavy atom. The van der Waals surface area contributed by atoms with Crippen molar-refractivity contribution in [2.75, 3.05) is 0 Å². The number of carbonyl (C=O) groups is 1. The highest BCUT2D eigenvalue weighted by Gasteiger charge is 2.16. The van der Waals surface area contributed by atoms with Crippen LogP contribution in [-0.4, -0.2) is 26.5 Å². The number of carbonyl (C=O) groups excluding carboxylic acids is 1. The van der Waals surface area contributed by atoms with Gasteiger partial charge in [-0.05, 0) is 32.0 Å². The van der Waals surface area contributed by atoms with Crippen LogP contribution in [0.25, 0.3) is 5.69 Å². The molecule has 0 radical (unpaired) electrons. The molecule has 1 heterocycles. The second kappa shape index (κ2) is 6.33. The summed E-state index contributed by atoms with van der Waals surface area (Å²) in [6, 6.07) is 4.20. The summed E-state index contributed by atoms with van der Waals surface area (Å²) in [5.41, 5.74) is -0.540. The Labute approximate surface area is 135 Å². The van der Waals surface area contributed by atoms with Crippen molar-refractivity contribution in [2.24, 2.45) is 0 Å². The van der Waals surface area contributed by atoms with Crippen LogP contribution in [0.15, 0.2) is 29.2 Å². The minimum Gasteiger partial charge on any atom is -0.493 e. The fraction of sp³-hybridized carbons (Fsp3) is 0.231. The standard InChI is InChI=1S/C13H13Cl2N3O4/c1-7(2)16-12(20)22-17-6-11(19)18(13(17)21)10-4-8(14)3-9(15)5-10/h3-7,19H,1-2H3,(H,16,20). The van der Waals surface area contributed by atoms with Gasteiger partial charge in [0.15, 0.2) is 0 Å². The molecule has 1 amide bonds. The zero-order valence-corrected chi connectivity index (χ0v) is 13.2. The van der Waals surface area contributed by atoms with Crippen LogP contribution in [0.3, 0.4) is 0 Å². The van der Waals surface area contributed by atoms with Crippen molar-refractivity contribution in [2.45, 2.75) is 19.9 Å². The summed E-state index contributed by atoms with van der Waals surface area (Å²) in [6.45, 7) is 3.47. The molecule has 0 aliphatic heterocycles. The molecule has 2 rings (SSSR count). The monoisotopic (exact) mass is 345 g/mol. The molecular weight excluding hydrogens is 333 g/mol.